The van der Waals surface area contributed by atoms with E-state index in [2.05, 4.69) is 14.8 Å². The number of likely N-dealkylation sites (tertiary alicyclic amines) is 1. The summed E-state index contributed by atoms with van der Waals surface area (Å²) < 4.78 is 6.28. The van der Waals surface area contributed by atoms with Gasteiger partial charge in [-0.25, -0.2) is 0 Å². The number of carbonyl (C=O) groups is 1. The van der Waals surface area contributed by atoms with Crippen LogP contribution in [0.15, 0.2) is 12.4 Å². The summed E-state index contributed by atoms with van der Waals surface area (Å²) in [5.74, 6) is 0.0918. The van der Waals surface area contributed by atoms with E-state index in [0.717, 1.165) is 54.2 Å². The molecule has 1 fully saturated rings. The van der Waals surface area contributed by atoms with Crippen molar-refractivity contribution >= 4 is 22.4 Å². The SMILES string of the molecule is CNc1snc(C)c1C(=O)N1CCCCC1Cn1cc(C)cn1. The smallest absolute Gasteiger partial charge is 0.259 e. The zero-order chi connectivity index (χ0) is 16.4. The lowest BCUT2D eigenvalue weighted by Gasteiger charge is -2.35. The number of rotatable bonds is 4. The largest absolute Gasteiger partial charge is 0.378 e. The average Bonchev–Trinajstić information content (AvgIpc) is 3.12. The van der Waals surface area contributed by atoms with Gasteiger partial charge in [-0.3, -0.25) is 9.48 Å². The third-order valence-electron chi connectivity index (χ3n) is 4.35. The van der Waals surface area contributed by atoms with Crippen LogP contribution in [0, 0.1) is 13.8 Å². The van der Waals surface area contributed by atoms with Crippen LogP contribution in [-0.2, 0) is 6.54 Å². The molecule has 6 nitrogen and oxygen atoms in total. The van der Waals surface area contributed by atoms with E-state index in [9.17, 15) is 4.79 Å². The first-order valence-corrected chi connectivity index (χ1v) is 8.81. The molecule has 0 radical (unpaired) electrons. The van der Waals surface area contributed by atoms with Gasteiger partial charge in [0.1, 0.15) is 5.00 Å². The monoisotopic (exact) mass is 333 g/mol. The standard InChI is InChI=1S/C16H23N5OS/c1-11-8-18-20(9-11)10-13-6-4-5-7-21(13)16(22)14-12(2)19-23-15(14)17-3/h8-9,13,17H,4-7,10H2,1-3H3. The molecule has 23 heavy (non-hydrogen) atoms. The minimum atomic E-state index is 0.0918. The summed E-state index contributed by atoms with van der Waals surface area (Å²) in [6.07, 6.45) is 7.14. The molecule has 0 aliphatic carbocycles. The zero-order valence-electron chi connectivity index (χ0n) is 13.9. The zero-order valence-corrected chi connectivity index (χ0v) is 14.7. The van der Waals surface area contributed by atoms with Crippen molar-refractivity contribution in [3.8, 4) is 0 Å². The third-order valence-corrected chi connectivity index (χ3v) is 5.31. The summed E-state index contributed by atoms with van der Waals surface area (Å²) >= 11 is 1.35. The molecule has 1 atom stereocenters. The first-order chi connectivity index (χ1) is 11.1. The summed E-state index contributed by atoms with van der Waals surface area (Å²) in [7, 11) is 1.84. The first kappa shape index (κ1) is 16.0. The number of hydrogen-bond donors (Lipinski definition) is 1. The number of anilines is 1. The number of nitrogens with one attached hydrogen (secondary N) is 1. The summed E-state index contributed by atoms with van der Waals surface area (Å²) in [6.45, 7) is 5.50. The van der Waals surface area contributed by atoms with Gasteiger partial charge in [0, 0.05) is 19.8 Å². The Morgan fingerprint density at radius 3 is 2.96 bits per heavy atom. The van der Waals surface area contributed by atoms with Crippen LogP contribution < -0.4 is 5.32 Å². The van der Waals surface area contributed by atoms with Crippen LogP contribution in [0.3, 0.4) is 0 Å². The number of nitrogens with zero attached hydrogens (tertiary/aromatic N) is 4. The topological polar surface area (TPSA) is 63.1 Å². The van der Waals surface area contributed by atoms with Crippen LogP contribution in [0.1, 0.15) is 40.9 Å². The molecule has 1 unspecified atom stereocenters. The van der Waals surface area contributed by atoms with Gasteiger partial charge in [0.05, 0.1) is 30.0 Å². The minimum absolute atomic E-state index is 0.0918. The highest BCUT2D eigenvalue weighted by Crippen LogP contribution is 2.28. The van der Waals surface area contributed by atoms with E-state index in [1.54, 1.807) is 0 Å². The summed E-state index contributed by atoms with van der Waals surface area (Å²) in [5, 5.41) is 8.32. The second kappa shape index (κ2) is 6.70. The number of piperidine rings is 1. The van der Waals surface area contributed by atoms with E-state index < -0.39 is 0 Å². The van der Waals surface area contributed by atoms with Crippen LogP contribution in [0.5, 0.6) is 0 Å². The average molecular weight is 333 g/mol. The van der Waals surface area contributed by atoms with Crippen molar-refractivity contribution < 1.29 is 4.79 Å². The molecule has 1 N–H and O–H groups in total. The molecular formula is C16H23N5OS. The molecule has 1 amide bonds. The van der Waals surface area contributed by atoms with Gasteiger partial charge >= 0.3 is 0 Å². The summed E-state index contributed by atoms with van der Waals surface area (Å²) in [6, 6.07) is 0.194. The molecule has 124 valence electrons. The lowest BCUT2D eigenvalue weighted by molar-refractivity contribution is 0.0584. The predicted molar refractivity (Wildman–Crippen MR) is 92.0 cm³/mol. The van der Waals surface area contributed by atoms with Crippen molar-refractivity contribution in [2.24, 2.45) is 0 Å². The Labute approximate surface area is 140 Å². The highest BCUT2D eigenvalue weighted by molar-refractivity contribution is 7.10. The van der Waals surface area contributed by atoms with E-state index in [-0.39, 0.29) is 11.9 Å². The van der Waals surface area contributed by atoms with Crippen LogP contribution in [0.25, 0.3) is 0 Å². The second-order valence-electron chi connectivity index (χ2n) is 6.11. The maximum atomic E-state index is 13.1. The van der Waals surface area contributed by atoms with Gasteiger partial charge in [0.25, 0.3) is 5.91 Å². The van der Waals surface area contributed by atoms with Crippen LogP contribution in [-0.4, -0.2) is 44.6 Å². The van der Waals surface area contributed by atoms with Gasteiger partial charge in [-0.05, 0) is 50.2 Å². The maximum absolute atomic E-state index is 13.1. The molecule has 2 aromatic rings. The fraction of sp³-hybridized carbons (Fsp3) is 0.562. The summed E-state index contributed by atoms with van der Waals surface area (Å²) in [5.41, 5.74) is 2.68. The van der Waals surface area contributed by atoms with Gasteiger partial charge in [-0.15, -0.1) is 0 Å². The predicted octanol–water partition coefficient (Wildman–Crippen LogP) is 2.69. The second-order valence-corrected chi connectivity index (χ2v) is 6.88. The molecule has 0 bridgehead atoms. The normalized spacial score (nSPS) is 18.2. The first-order valence-electron chi connectivity index (χ1n) is 8.04. The van der Waals surface area contributed by atoms with Crippen LogP contribution >= 0.6 is 11.5 Å². The van der Waals surface area contributed by atoms with Crippen molar-refractivity contribution in [3.05, 3.63) is 29.2 Å². The van der Waals surface area contributed by atoms with Gasteiger partial charge < -0.3 is 10.2 Å². The number of aryl methyl sites for hydroxylation is 2. The fourth-order valence-corrected chi connectivity index (χ4v) is 3.91. The Morgan fingerprint density at radius 2 is 2.26 bits per heavy atom. The van der Waals surface area contributed by atoms with Crippen molar-refractivity contribution in [1.82, 2.24) is 19.1 Å². The Hall–Kier alpha value is -1.89. The minimum Gasteiger partial charge on any atom is -0.378 e. The Bertz CT molecular complexity index is 692. The van der Waals surface area contributed by atoms with Gasteiger partial charge in [-0.1, -0.05) is 0 Å². The molecule has 7 heteroatoms. The molecule has 2 aromatic heterocycles. The Balaban J connectivity index is 1.83. The van der Waals surface area contributed by atoms with E-state index in [1.165, 1.54) is 11.5 Å². The maximum Gasteiger partial charge on any atom is 0.259 e. The molecule has 1 aliphatic rings. The number of hydrogen-bond acceptors (Lipinski definition) is 5. The Morgan fingerprint density at radius 1 is 1.43 bits per heavy atom. The quantitative estimate of drug-likeness (QED) is 0.934. The van der Waals surface area contributed by atoms with Gasteiger partial charge in [0.15, 0.2) is 0 Å². The molecule has 0 aromatic carbocycles. The number of amides is 1. The van der Waals surface area contributed by atoms with E-state index in [1.807, 2.05) is 42.9 Å². The van der Waals surface area contributed by atoms with Gasteiger partial charge in [-0.2, -0.15) is 9.47 Å². The van der Waals surface area contributed by atoms with Crippen molar-refractivity contribution in [1.29, 1.82) is 0 Å². The van der Waals surface area contributed by atoms with Crippen molar-refractivity contribution in [2.45, 2.75) is 45.7 Å². The highest BCUT2D eigenvalue weighted by Gasteiger charge is 2.31. The fourth-order valence-electron chi connectivity index (χ4n) is 3.18. The molecule has 3 heterocycles. The van der Waals surface area contributed by atoms with Gasteiger partial charge in [0.2, 0.25) is 0 Å². The number of aromatic nitrogens is 3. The van der Waals surface area contributed by atoms with E-state index >= 15 is 0 Å². The Kier molecular flexibility index (Phi) is 4.66. The summed E-state index contributed by atoms with van der Waals surface area (Å²) in [4.78, 5) is 15.1. The molecule has 0 saturated carbocycles. The van der Waals surface area contributed by atoms with E-state index in [0.29, 0.717) is 0 Å². The van der Waals surface area contributed by atoms with Crippen molar-refractivity contribution in [2.75, 3.05) is 18.9 Å². The van der Waals surface area contributed by atoms with Crippen LogP contribution in [0.4, 0.5) is 5.00 Å². The van der Waals surface area contributed by atoms with Crippen molar-refractivity contribution in [3.63, 3.8) is 0 Å². The lowest BCUT2D eigenvalue weighted by atomic mass is 10.0. The molecule has 0 spiro atoms. The molecule has 1 saturated heterocycles. The third kappa shape index (κ3) is 3.24. The highest BCUT2D eigenvalue weighted by atomic mass is 32.1. The van der Waals surface area contributed by atoms with E-state index in [4.69, 9.17) is 0 Å². The molecular weight excluding hydrogens is 310 g/mol. The van der Waals surface area contributed by atoms with Crippen LogP contribution in [0.2, 0.25) is 0 Å². The lowest BCUT2D eigenvalue weighted by Crippen LogP contribution is -2.46. The number of carbonyl (C=O) groups excluding carboxylic acids is 1. The molecule has 1 aliphatic heterocycles. The molecule has 3 rings (SSSR count).